The van der Waals surface area contributed by atoms with E-state index < -0.39 is 0 Å². The highest BCUT2D eigenvalue weighted by Gasteiger charge is 2.27. The number of quaternary nitrogens is 2. The summed E-state index contributed by atoms with van der Waals surface area (Å²) in [5, 5.41) is 4.02. The molecule has 1 saturated heterocycles. The lowest BCUT2D eigenvalue weighted by atomic mass is 9.86. The minimum atomic E-state index is 0.235. The molecule has 0 aromatic heterocycles. The van der Waals surface area contributed by atoms with Gasteiger partial charge in [0, 0.05) is 11.1 Å². The van der Waals surface area contributed by atoms with Crippen molar-refractivity contribution in [3.05, 3.63) is 29.3 Å². The van der Waals surface area contributed by atoms with Crippen LogP contribution in [0, 0.1) is 5.92 Å². The predicted molar refractivity (Wildman–Crippen MR) is 108 cm³/mol. The molecule has 1 aromatic rings. The molecule has 2 aliphatic rings. The van der Waals surface area contributed by atoms with Crippen molar-refractivity contribution in [2.24, 2.45) is 5.92 Å². The number of ether oxygens (including phenoxy) is 1. The predicted octanol–water partition coefficient (Wildman–Crippen LogP) is 0.197. The van der Waals surface area contributed by atoms with Crippen LogP contribution < -0.4 is 19.9 Å². The minimum Gasteiger partial charge on any atom is -0.488 e. The maximum Gasteiger partial charge on any atom is 0.275 e. The maximum atomic E-state index is 12.4. The van der Waals surface area contributed by atoms with Crippen LogP contribution in [0.3, 0.4) is 0 Å². The van der Waals surface area contributed by atoms with Crippen molar-refractivity contribution in [2.45, 2.75) is 38.6 Å². The van der Waals surface area contributed by atoms with Crippen LogP contribution in [0.5, 0.6) is 5.75 Å². The minimum absolute atomic E-state index is 0.235. The SMILES string of the molecule is C[C@H]1CCCC[C@@H]1NC(=O)C[NH+]1CC[NH+](CCOc2ccc(Cl)cc2)CC1. The summed E-state index contributed by atoms with van der Waals surface area (Å²) in [5.74, 6) is 1.73. The monoisotopic (exact) mass is 395 g/mol. The number of hydrogen-bond donors (Lipinski definition) is 3. The van der Waals surface area contributed by atoms with Crippen molar-refractivity contribution in [2.75, 3.05) is 45.9 Å². The van der Waals surface area contributed by atoms with E-state index in [1.165, 1.54) is 24.2 Å². The molecule has 2 atom stereocenters. The largest absolute Gasteiger partial charge is 0.488 e. The summed E-state index contributed by atoms with van der Waals surface area (Å²) in [7, 11) is 0. The van der Waals surface area contributed by atoms with Gasteiger partial charge in [-0.3, -0.25) is 4.79 Å². The number of piperazine rings is 1. The third-order valence-corrected chi connectivity index (χ3v) is 6.32. The van der Waals surface area contributed by atoms with Crippen molar-refractivity contribution in [1.29, 1.82) is 0 Å². The second-order valence-corrected chi connectivity index (χ2v) is 8.60. The molecule has 1 heterocycles. The number of halogens is 1. The van der Waals surface area contributed by atoms with E-state index in [1.54, 1.807) is 4.90 Å². The van der Waals surface area contributed by atoms with Crippen molar-refractivity contribution in [3.8, 4) is 5.75 Å². The Hall–Kier alpha value is -1.30. The Morgan fingerprint density at radius 2 is 1.78 bits per heavy atom. The second-order valence-electron chi connectivity index (χ2n) is 8.16. The zero-order chi connectivity index (χ0) is 19.1. The first-order valence-electron chi connectivity index (χ1n) is 10.4. The van der Waals surface area contributed by atoms with Crippen molar-refractivity contribution >= 4 is 17.5 Å². The third kappa shape index (κ3) is 6.66. The smallest absolute Gasteiger partial charge is 0.275 e. The van der Waals surface area contributed by atoms with Gasteiger partial charge in [0.05, 0.1) is 0 Å². The van der Waals surface area contributed by atoms with Crippen LogP contribution in [0.25, 0.3) is 0 Å². The van der Waals surface area contributed by atoms with Gasteiger partial charge >= 0.3 is 0 Å². The summed E-state index contributed by atoms with van der Waals surface area (Å²) in [5.41, 5.74) is 0. The van der Waals surface area contributed by atoms with Gasteiger partial charge in [-0.2, -0.15) is 0 Å². The van der Waals surface area contributed by atoms with Gasteiger partial charge in [-0.1, -0.05) is 31.4 Å². The quantitative estimate of drug-likeness (QED) is 0.617. The molecule has 6 heteroatoms. The molecule has 1 aromatic carbocycles. The molecule has 3 N–H and O–H groups in total. The molecule has 0 radical (unpaired) electrons. The molecule has 5 nitrogen and oxygen atoms in total. The van der Waals surface area contributed by atoms with E-state index in [0.717, 1.165) is 49.9 Å². The average molecular weight is 396 g/mol. The molecule has 1 saturated carbocycles. The molecule has 27 heavy (non-hydrogen) atoms. The Balaban J connectivity index is 1.30. The van der Waals surface area contributed by atoms with E-state index in [2.05, 4.69) is 12.2 Å². The fraction of sp³-hybridized carbons (Fsp3) is 0.667. The first kappa shape index (κ1) is 20.4. The fourth-order valence-corrected chi connectivity index (χ4v) is 4.37. The molecule has 0 spiro atoms. The topological polar surface area (TPSA) is 47.2 Å². The van der Waals surface area contributed by atoms with Crippen LogP contribution in [-0.2, 0) is 4.79 Å². The number of nitrogens with one attached hydrogen (secondary N) is 3. The number of rotatable bonds is 7. The van der Waals surface area contributed by atoms with Crippen LogP contribution in [0.15, 0.2) is 24.3 Å². The summed E-state index contributed by atoms with van der Waals surface area (Å²) < 4.78 is 5.80. The van der Waals surface area contributed by atoms with Gasteiger partial charge in [0.25, 0.3) is 5.91 Å². The number of carbonyl (C=O) groups is 1. The number of benzene rings is 1. The van der Waals surface area contributed by atoms with Crippen LogP contribution in [-0.4, -0.2) is 57.8 Å². The third-order valence-electron chi connectivity index (χ3n) is 6.07. The van der Waals surface area contributed by atoms with Gasteiger partial charge in [0.2, 0.25) is 0 Å². The molecule has 3 rings (SSSR count). The lowest BCUT2D eigenvalue weighted by molar-refractivity contribution is -1.01. The fourth-order valence-electron chi connectivity index (χ4n) is 4.24. The van der Waals surface area contributed by atoms with Gasteiger partial charge in [0.15, 0.2) is 6.54 Å². The standard InChI is InChI=1S/C21H32ClN3O2/c1-17-4-2-3-5-20(17)23-21(26)16-25-12-10-24(11-13-25)14-15-27-19-8-6-18(22)7-9-19/h6-9,17,20H,2-5,10-16H2,1H3,(H,23,26)/p+2/t17-,20-/m0/s1. The summed E-state index contributed by atoms with van der Waals surface area (Å²) >= 11 is 5.89. The second kappa shape index (κ2) is 10.3. The lowest BCUT2D eigenvalue weighted by Crippen LogP contribution is -3.28. The van der Waals surface area contributed by atoms with Crippen LogP contribution in [0.2, 0.25) is 5.02 Å². The summed E-state index contributed by atoms with van der Waals surface area (Å²) in [6.45, 7) is 8.93. The Labute approximate surface area is 168 Å². The molecule has 2 fully saturated rings. The van der Waals surface area contributed by atoms with Crippen molar-refractivity contribution in [3.63, 3.8) is 0 Å². The number of amides is 1. The van der Waals surface area contributed by atoms with E-state index in [4.69, 9.17) is 16.3 Å². The highest BCUT2D eigenvalue weighted by atomic mass is 35.5. The maximum absolute atomic E-state index is 12.4. The molecular formula is C21H34ClN3O2+2. The summed E-state index contributed by atoms with van der Waals surface area (Å²) in [6.07, 6.45) is 4.96. The summed E-state index contributed by atoms with van der Waals surface area (Å²) in [6, 6.07) is 7.91. The first-order chi connectivity index (χ1) is 13.1. The number of hydrogen-bond acceptors (Lipinski definition) is 2. The Morgan fingerprint density at radius 1 is 1.11 bits per heavy atom. The lowest BCUT2D eigenvalue weighted by Gasteiger charge is -2.32. The van der Waals surface area contributed by atoms with Gasteiger partial charge in [-0.05, 0) is 43.0 Å². The van der Waals surface area contributed by atoms with E-state index >= 15 is 0 Å². The summed E-state index contributed by atoms with van der Waals surface area (Å²) in [4.78, 5) is 15.4. The Bertz CT molecular complexity index is 588. The highest BCUT2D eigenvalue weighted by molar-refractivity contribution is 6.30. The van der Waals surface area contributed by atoms with Gasteiger partial charge < -0.3 is 19.9 Å². The van der Waals surface area contributed by atoms with Crippen molar-refractivity contribution in [1.82, 2.24) is 5.32 Å². The molecule has 1 aliphatic heterocycles. The van der Waals surface area contributed by atoms with Gasteiger partial charge in [-0.15, -0.1) is 0 Å². The van der Waals surface area contributed by atoms with Crippen LogP contribution >= 0.6 is 11.6 Å². The van der Waals surface area contributed by atoms with Gasteiger partial charge in [0.1, 0.15) is 45.1 Å². The highest BCUT2D eigenvalue weighted by Crippen LogP contribution is 2.23. The van der Waals surface area contributed by atoms with Crippen molar-refractivity contribution < 1.29 is 19.3 Å². The zero-order valence-corrected chi connectivity index (χ0v) is 17.2. The van der Waals surface area contributed by atoms with E-state index in [0.29, 0.717) is 25.1 Å². The number of carbonyl (C=O) groups excluding carboxylic acids is 1. The molecule has 1 aliphatic carbocycles. The van der Waals surface area contributed by atoms with E-state index in [1.807, 2.05) is 24.3 Å². The van der Waals surface area contributed by atoms with Crippen LogP contribution in [0.4, 0.5) is 0 Å². The van der Waals surface area contributed by atoms with E-state index in [9.17, 15) is 4.79 Å². The van der Waals surface area contributed by atoms with Gasteiger partial charge in [-0.25, -0.2) is 0 Å². The Kier molecular flexibility index (Phi) is 7.80. The molecule has 0 bridgehead atoms. The first-order valence-corrected chi connectivity index (χ1v) is 10.8. The molecule has 150 valence electrons. The molecule has 0 unspecified atom stereocenters. The van der Waals surface area contributed by atoms with Crippen LogP contribution in [0.1, 0.15) is 32.6 Å². The van der Waals surface area contributed by atoms with E-state index in [-0.39, 0.29) is 5.91 Å². The molecule has 1 amide bonds. The Morgan fingerprint density at radius 3 is 2.48 bits per heavy atom. The zero-order valence-electron chi connectivity index (χ0n) is 16.4. The normalized spacial score (nSPS) is 28.5. The molecular weight excluding hydrogens is 362 g/mol. The average Bonchev–Trinajstić information content (AvgIpc) is 2.67.